The first-order valence-electron chi connectivity index (χ1n) is 6.86. The second-order valence-corrected chi connectivity index (χ2v) is 5.18. The van der Waals surface area contributed by atoms with E-state index in [2.05, 4.69) is 0 Å². The summed E-state index contributed by atoms with van der Waals surface area (Å²) < 4.78 is 38.4. The van der Waals surface area contributed by atoms with E-state index in [-0.39, 0.29) is 11.6 Å². The number of nitrogens with zero attached hydrogens (tertiary/aromatic N) is 1. The summed E-state index contributed by atoms with van der Waals surface area (Å²) in [6.45, 7) is 3.64. The number of amides is 1. The molecule has 0 fully saturated rings. The number of carbonyl (C=O) groups excluding carboxylic acids is 1. The minimum Gasteiger partial charge on any atom is -0.306 e. The minimum absolute atomic E-state index is 0.0207. The summed E-state index contributed by atoms with van der Waals surface area (Å²) in [6.07, 6.45) is -4.47. The van der Waals surface area contributed by atoms with Gasteiger partial charge < -0.3 is 4.90 Å². The summed E-state index contributed by atoms with van der Waals surface area (Å²) in [5, 5.41) is 0. The van der Waals surface area contributed by atoms with E-state index in [1.165, 1.54) is 17.0 Å². The third kappa shape index (κ3) is 3.47. The summed E-state index contributed by atoms with van der Waals surface area (Å²) in [7, 11) is 0. The van der Waals surface area contributed by atoms with Crippen molar-refractivity contribution in [2.75, 3.05) is 4.90 Å². The predicted molar refractivity (Wildman–Crippen MR) is 79.8 cm³/mol. The van der Waals surface area contributed by atoms with Crippen LogP contribution in [0.4, 0.5) is 18.9 Å². The minimum atomic E-state index is -4.47. The Morgan fingerprint density at radius 1 is 1.00 bits per heavy atom. The first-order valence-corrected chi connectivity index (χ1v) is 6.86. The molecule has 0 heterocycles. The van der Waals surface area contributed by atoms with Crippen LogP contribution in [0.5, 0.6) is 0 Å². The average molecular weight is 307 g/mol. The molecular weight excluding hydrogens is 291 g/mol. The third-order valence-electron chi connectivity index (χ3n) is 3.21. The van der Waals surface area contributed by atoms with E-state index < -0.39 is 17.6 Å². The Kier molecular flexibility index (Phi) is 4.54. The average Bonchev–Trinajstić information content (AvgIpc) is 2.47. The van der Waals surface area contributed by atoms with Crippen molar-refractivity contribution < 1.29 is 18.0 Å². The van der Waals surface area contributed by atoms with Gasteiger partial charge in [-0.3, -0.25) is 4.79 Å². The van der Waals surface area contributed by atoms with Crippen LogP contribution < -0.4 is 4.90 Å². The van der Waals surface area contributed by atoms with Gasteiger partial charge in [-0.2, -0.15) is 13.2 Å². The molecule has 5 heteroatoms. The van der Waals surface area contributed by atoms with Gasteiger partial charge in [0.25, 0.3) is 5.91 Å². The van der Waals surface area contributed by atoms with Crippen molar-refractivity contribution in [3.8, 4) is 0 Å². The fourth-order valence-corrected chi connectivity index (χ4v) is 2.21. The highest BCUT2D eigenvalue weighted by molar-refractivity contribution is 6.06. The van der Waals surface area contributed by atoms with Crippen LogP contribution in [-0.2, 0) is 6.18 Å². The number of benzene rings is 2. The van der Waals surface area contributed by atoms with Crippen LogP contribution in [-0.4, -0.2) is 11.9 Å². The normalized spacial score (nSPS) is 11.5. The summed E-state index contributed by atoms with van der Waals surface area (Å²) >= 11 is 0. The zero-order chi connectivity index (χ0) is 16.3. The quantitative estimate of drug-likeness (QED) is 0.800. The summed E-state index contributed by atoms with van der Waals surface area (Å²) in [6, 6.07) is 13.2. The van der Waals surface area contributed by atoms with E-state index in [9.17, 15) is 18.0 Å². The molecule has 0 radical (unpaired) electrons. The standard InChI is InChI=1S/C17H16F3NO/c1-12(2)21(15-9-4-3-5-10-15)16(22)13-7-6-8-14(11-13)17(18,19)20/h3-12H,1-2H3. The largest absolute Gasteiger partial charge is 0.416 e. The topological polar surface area (TPSA) is 20.3 Å². The van der Waals surface area contributed by atoms with Crippen LogP contribution in [0.3, 0.4) is 0 Å². The number of rotatable bonds is 3. The molecule has 0 aromatic heterocycles. The predicted octanol–water partition coefficient (Wildman–Crippen LogP) is 4.76. The van der Waals surface area contributed by atoms with Crippen molar-refractivity contribution in [3.63, 3.8) is 0 Å². The number of halogens is 3. The summed E-state index contributed by atoms with van der Waals surface area (Å²) in [5.74, 6) is -0.452. The van der Waals surface area contributed by atoms with Gasteiger partial charge in [-0.1, -0.05) is 24.3 Å². The monoisotopic (exact) mass is 307 g/mol. The molecule has 116 valence electrons. The molecule has 0 bridgehead atoms. The Bertz CT molecular complexity index is 650. The number of hydrogen-bond acceptors (Lipinski definition) is 1. The van der Waals surface area contributed by atoms with Crippen molar-refractivity contribution in [1.82, 2.24) is 0 Å². The lowest BCUT2D eigenvalue weighted by molar-refractivity contribution is -0.137. The van der Waals surface area contributed by atoms with Crippen LogP contribution in [0.1, 0.15) is 29.8 Å². The Morgan fingerprint density at radius 2 is 1.64 bits per heavy atom. The van der Waals surface area contributed by atoms with E-state index >= 15 is 0 Å². The number of anilines is 1. The Labute approximate surface area is 127 Å². The highest BCUT2D eigenvalue weighted by Crippen LogP contribution is 2.30. The maximum absolute atomic E-state index is 12.8. The second kappa shape index (κ2) is 6.22. The third-order valence-corrected chi connectivity index (χ3v) is 3.21. The first-order chi connectivity index (χ1) is 10.3. The van der Waals surface area contributed by atoms with E-state index in [4.69, 9.17) is 0 Å². The Hall–Kier alpha value is -2.30. The number of hydrogen-bond donors (Lipinski definition) is 0. The van der Waals surface area contributed by atoms with Crippen molar-refractivity contribution >= 4 is 11.6 Å². The van der Waals surface area contributed by atoms with Crippen molar-refractivity contribution in [1.29, 1.82) is 0 Å². The SMILES string of the molecule is CC(C)N(C(=O)c1cccc(C(F)(F)F)c1)c1ccccc1. The highest BCUT2D eigenvalue weighted by atomic mass is 19.4. The van der Waals surface area contributed by atoms with E-state index in [0.29, 0.717) is 5.69 Å². The molecule has 0 aliphatic rings. The van der Waals surface area contributed by atoms with Gasteiger partial charge in [0.1, 0.15) is 0 Å². The maximum atomic E-state index is 12.8. The molecule has 0 aliphatic heterocycles. The van der Waals surface area contributed by atoms with Crippen molar-refractivity contribution in [3.05, 3.63) is 65.7 Å². The van der Waals surface area contributed by atoms with E-state index in [1.54, 1.807) is 24.3 Å². The molecule has 0 N–H and O–H groups in total. The fourth-order valence-electron chi connectivity index (χ4n) is 2.21. The van der Waals surface area contributed by atoms with Crippen LogP contribution in [0.25, 0.3) is 0 Å². The molecule has 0 spiro atoms. The van der Waals surface area contributed by atoms with Crippen LogP contribution in [0.15, 0.2) is 54.6 Å². The molecular formula is C17H16F3NO. The molecule has 22 heavy (non-hydrogen) atoms. The number of carbonyl (C=O) groups is 1. The Balaban J connectivity index is 2.41. The van der Waals surface area contributed by atoms with Crippen LogP contribution >= 0.6 is 0 Å². The molecule has 0 atom stereocenters. The molecule has 2 nitrogen and oxygen atoms in total. The molecule has 0 aliphatic carbocycles. The van der Waals surface area contributed by atoms with Gasteiger partial charge in [-0.15, -0.1) is 0 Å². The van der Waals surface area contributed by atoms with Gasteiger partial charge in [0.2, 0.25) is 0 Å². The van der Waals surface area contributed by atoms with Crippen LogP contribution in [0, 0.1) is 0 Å². The lowest BCUT2D eigenvalue weighted by Crippen LogP contribution is -2.37. The van der Waals surface area contributed by atoms with Gasteiger partial charge in [-0.05, 0) is 44.2 Å². The zero-order valence-corrected chi connectivity index (χ0v) is 12.3. The van der Waals surface area contributed by atoms with Crippen LogP contribution in [0.2, 0.25) is 0 Å². The molecule has 0 saturated carbocycles. The van der Waals surface area contributed by atoms with Crippen molar-refractivity contribution in [2.45, 2.75) is 26.1 Å². The molecule has 2 aromatic carbocycles. The second-order valence-electron chi connectivity index (χ2n) is 5.18. The maximum Gasteiger partial charge on any atom is 0.416 e. The Morgan fingerprint density at radius 3 is 2.18 bits per heavy atom. The van der Waals surface area contributed by atoms with Crippen molar-refractivity contribution in [2.24, 2.45) is 0 Å². The zero-order valence-electron chi connectivity index (χ0n) is 12.3. The molecule has 0 unspecified atom stereocenters. The first kappa shape index (κ1) is 16.1. The molecule has 2 rings (SSSR count). The van der Waals surface area contributed by atoms with E-state index in [0.717, 1.165) is 12.1 Å². The highest BCUT2D eigenvalue weighted by Gasteiger charge is 2.31. The lowest BCUT2D eigenvalue weighted by Gasteiger charge is -2.27. The summed E-state index contributed by atoms with van der Waals surface area (Å²) in [5.41, 5.74) is -0.151. The smallest absolute Gasteiger partial charge is 0.306 e. The molecule has 2 aromatic rings. The van der Waals surface area contributed by atoms with Gasteiger partial charge in [0.15, 0.2) is 0 Å². The van der Waals surface area contributed by atoms with E-state index in [1.807, 2.05) is 19.9 Å². The van der Waals surface area contributed by atoms with Gasteiger partial charge in [0, 0.05) is 17.3 Å². The number of para-hydroxylation sites is 1. The van der Waals surface area contributed by atoms with Gasteiger partial charge >= 0.3 is 6.18 Å². The lowest BCUT2D eigenvalue weighted by atomic mass is 10.1. The summed E-state index contributed by atoms with van der Waals surface area (Å²) in [4.78, 5) is 14.1. The molecule has 0 saturated heterocycles. The van der Waals surface area contributed by atoms with Gasteiger partial charge in [0.05, 0.1) is 5.56 Å². The number of alkyl halides is 3. The fraction of sp³-hybridized carbons (Fsp3) is 0.235. The molecule has 1 amide bonds. The van der Waals surface area contributed by atoms with Gasteiger partial charge in [-0.25, -0.2) is 0 Å².